The maximum atomic E-state index is 13.5. The van der Waals surface area contributed by atoms with Crippen molar-refractivity contribution in [3.63, 3.8) is 0 Å². The number of anilines is 1. The topological polar surface area (TPSA) is 66.4 Å². The Bertz CT molecular complexity index is 1110. The van der Waals surface area contributed by atoms with E-state index in [1.165, 1.54) is 6.07 Å². The van der Waals surface area contributed by atoms with Crippen molar-refractivity contribution in [2.45, 2.75) is 0 Å². The van der Waals surface area contributed by atoms with E-state index in [0.29, 0.717) is 5.69 Å². The summed E-state index contributed by atoms with van der Waals surface area (Å²) in [6, 6.07) is 36.9. The van der Waals surface area contributed by atoms with Crippen LogP contribution in [-0.4, -0.2) is 23.1 Å². The summed E-state index contributed by atoms with van der Waals surface area (Å²) < 4.78 is 0. The minimum absolute atomic E-state index is 0.0762. The molecule has 0 spiro atoms. The molecule has 4 nitrogen and oxygen atoms in total. The normalized spacial score (nSPS) is 11.5. The van der Waals surface area contributed by atoms with E-state index in [4.69, 9.17) is 0 Å². The van der Waals surface area contributed by atoms with Crippen molar-refractivity contribution < 1.29 is 14.7 Å². The third kappa shape index (κ3) is 4.32. The fourth-order valence-corrected chi connectivity index (χ4v) is 8.65. The zero-order valence-electron chi connectivity index (χ0n) is 17.4. The first-order valence-corrected chi connectivity index (χ1v) is 12.6. The van der Waals surface area contributed by atoms with Crippen LogP contribution < -0.4 is 21.2 Å². The molecule has 0 fully saturated rings. The molecule has 0 aromatic heterocycles. The summed E-state index contributed by atoms with van der Waals surface area (Å²) in [5.41, 5.74) is 0.384. The first-order chi connectivity index (χ1) is 15.6. The molecule has 1 amide bonds. The van der Waals surface area contributed by atoms with Gasteiger partial charge < -0.3 is 0 Å². The SMILES string of the molecule is O=C(C[PH](c1ccccc1)(c1ccccc1)c1ccccc1)Nc1ccccc1C(=O)O. The first kappa shape index (κ1) is 21.5. The summed E-state index contributed by atoms with van der Waals surface area (Å²) in [4.78, 5) is 25.1. The standard InChI is InChI=1S/C27H24NO3P/c29-26(28-25-19-11-10-18-24(25)27(30)31)20-32(21-12-4-1-5-13-21,22-14-6-2-7-15-22)23-16-8-3-9-17-23/h1-19,32H,20H2,(H,28,29)(H,30,31). The molecule has 0 heterocycles. The molecule has 32 heavy (non-hydrogen) atoms. The van der Waals surface area contributed by atoms with Gasteiger partial charge in [-0.2, -0.15) is 0 Å². The fraction of sp³-hybridized carbons (Fsp3) is 0.0370. The molecule has 4 aromatic carbocycles. The Balaban J connectivity index is 1.83. The van der Waals surface area contributed by atoms with Crippen molar-refractivity contribution in [2.24, 2.45) is 0 Å². The Kier molecular flexibility index (Phi) is 6.44. The summed E-state index contributed by atoms with van der Waals surface area (Å²) >= 11 is 0. The Labute approximate surface area is 187 Å². The van der Waals surface area contributed by atoms with Gasteiger partial charge in [0.15, 0.2) is 0 Å². The zero-order chi connectivity index (χ0) is 22.4. The van der Waals surface area contributed by atoms with Crippen molar-refractivity contribution in [3.8, 4) is 0 Å². The number of rotatable bonds is 7. The number of aromatic carboxylic acids is 1. The molecule has 0 aliphatic heterocycles. The van der Waals surface area contributed by atoms with E-state index in [9.17, 15) is 14.7 Å². The predicted molar refractivity (Wildman–Crippen MR) is 133 cm³/mol. The molecule has 0 aliphatic carbocycles. The van der Waals surface area contributed by atoms with Crippen LogP contribution in [0.2, 0.25) is 0 Å². The van der Waals surface area contributed by atoms with E-state index in [-0.39, 0.29) is 17.6 Å². The van der Waals surface area contributed by atoms with Gasteiger partial charge >= 0.3 is 188 Å². The van der Waals surface area contributed by atoms with Gasteiger partial charge in [0.25, 0.3) is 0 Å². The van der Waals surface area contributed by atoms with Crippen molar-refractivity contribution in [3.05, 3.63) is 121 Å². The monoisotopic (exact) mass is 441 g/mol. The van der Waals surface area contributed by atoms with E-state index in [2.05, 4.69) is 41.7 Å². The van der Waals surface area contributed by atoms with Gasteiger partial charge in [0.2, 0.25) is 0 Å². The Morgan fingerprint density at radius 1 is 0.625 bits per heavy atom. The van der Waals surface area contributed by atoms with Gasteiger partial charge in [0, 0.05) is 0 Å². The molecule has 0 saturated heterocycles. The first-order valence-electron chi connectivity index (χ1n) is 10.4. The fourth-order valence-electron chi connectivity index (χ4n) is 4.19. The van der Waals surface area contributed by atoms with Gasteiger partial charge in [-0.25, -0.2) is 0 Å². The van der Waals surface area contributed by atoms with Crippen LogP contribution >= 0.6 is 7.26 Å². The second-order valence-electron chi connectivity index (χ2n) is 7.58. The molecule has 0 radical (unpaired) electrons. The number of carbonyl (C=O) groups excluding carboxylic acids is 1. The Morgan fingerprint density at radius 2 is 1.03 bits per heavy atom. The average Bonchev–Trinajstić information content (AvgIpc) is 2.84. The van der Waals surface area contributed by atoms with E-state index in [0.717, 1.165) is 15.9 Å². The maximum absolute atomic E-state index is 13.5. The number of carboxylic acid groups (broad SMARTS) is 1. The van der Waals surface area contributed by atoms with Crippen molar-refractivity contribution in [2.75, 3.05) is 11.5 Å². The zero-order valence-corrected chi connectivity index (χ0v) is 18.4. The van der Waals surface area contributed by atoms with Crippen LogP contribution in [-0.2, 0) is 4.79 Å². The second-order valence-corrected chi connectivity index (χ2v) is 11.5. The molecule has 4 aromatic rings. The van der Waals surface area contributed by atoms with Gasteiger partial charge in [-0.3, -0.25) is 0 Å². The second kappa shape index (κ2) is 9.59. The number of hydrogen-bond acceptors (Lipinski definition) is 2. The summed E-state index contributed by atoms with van der Waals surface area (Å²) in [6.07, 6.45) is 0.249. The molecule has 2 N–H and O–H groups in total. The van der Waals surface area contributed by atoms with E-state index < -0.39 is 13.2 Å². The number of para-hydroxylation sites is 1. The summed E-state index contributed by atoms with van der Waals surface area (Å²) in [7, 11) is -2.74. The van der Waals surface area contributed by atoms with E-state index in [1.807, 2.05) is 54.6 Å². The Hall–Kier alpha value is -3.75. The molecule has 5 heteroatoms. The quantitative estimate of drug-likeness (QED) is 0.425. The average molecular weight is 441 g/mol. The third-order valence-corrected chi connectivity index (χ3v) is 10.5. The molecule has 0 atom stereocenters. The van der Waals surface area contributed by atoms with Crippen molar-refractivity contribution in [1.29, 1.82) is 0 Å². The molecular formula is C27H24NO3P. The van der Waals surface area contributed by atoms with E-state index in [1.54, 1.807) is 18.2 Å². The van der Waals surface area contributed by atoms with Gasteiger partial charge in [0.1, 0.15) is 0 Å². The van der Waals surface area contributed by atoms with Crippen LogP contribution in [0.1, 0.15) is 10.4 Å². The van der Waals surface area contributed by atoms with Gasteiger partial charge in [0.05, 0.1) is 0 Å². The van der Waals surface area contributed by atoms with Crippen LogP contribution in [0.5, 0.6) is 0 Å². The van der Waals surface area contributed by atoms with Gasteiger partial charge in [-0.1, -0.05) is 0 Å². The molecule has 0 aliphatic rings. The molecule has 0 bridgehead atoms. The van der Waals surface area contributed by atoms with Gasteiger partial charge in [-0.05, 0) is 0 Å². The molecule has 0 saturated carbocycles. The van der Waals surface area contributed by atoms with Crippen LogP contribution in [0.15, 0.2) is 115 Å². The Morgan fingerprint density at radius 3 is 1.47 bits per heavy atom. The number of hydrogen-bond donors (Lipinski definition) is 2. The number of carbonyl (C=O) groups is 2. The van der Waals surface area contributed by atoms with Crippen molar-refractivity contribution in [1.82, 2.24) is 0 Å². The van der Waals surface area contributed by atoms with Crippen LogP contribution in [0.25, 0.3) is 0 Å². The summed E-state index contributed by atoms with van der Waals surface area (Å²) in [5, 5.41) is 15.7. The molecule has 0 unspecified atom stereocenters. The number of nitrogens with one attached hydrogen (secondary N) is 1. The molecular weight excluding hydrogens is 417 g/mol. The van der Waals surface area contributed by atoms with Gasteiger partial charge in [-0.15, -0.1) is 0 Å². The minimum atomic E-state index is -2.74. The third-order valence-electron chi connectivity index (χ3n) is 5.66. The van der Waals surface area contributed by atoms with Crippen LogP contribution in [0.3, 0.4) is 0 Å². The molecule has 4 rings (SSSR count). The molecule has 160 valence electrons. The predicted octanol–water partition coefficient (Wildman–Crippen LogP) is 4.05. The van der Waals surface area contributed by atoms with Crippen molar-refractivity contribution >= 4 is 40.7 Å². The summed E-state index contributed by atoms with van der Waals surface area (Å²) in [5.74, 6) is -1.28. The number of benzene rings is 4. The van der Waals surface area contributed by atoms with Crippen LogP contribution in [0.4, 0.5) is 5.69 Å². The summed E-state index contributed by atoms with van der Waals surface area (Å²) in [6.45, 7) is 0. The van der Waals surface area contributed by atoms with E-state index >= 15 is 0 Å². The van der Waals surface area contributed by atoms with Crippen LogP contribution in [0, 0.1) is 0 Å². The number of carboxylic acids is 1. The number of amides is 1.